The van der Waals surface area contributed by atoms with Crippen molar-refractivity contribution in [1.82, 2.24) is 0 Å². The first kappa shape index (κ1) is 25.3. The van der Waals surface area contributed by atoms with Crippen molar-refractivity contribution in [2.75, 3.05) is 0 Å². The largest absolute Gasteiger partial charge is 0.490 e. The van der Waals surface area contributed by atoms with Gasteiger partial charge in [0.05, 0.1) is 6.10 Å². The van der Waals surface area contributed by atoms with Gasteiger partial charge in [-0.2, -0.15) is 0 Å². The first-order valence-corrected chi connectivity index (χ1v) is 12.7. The van der Waals surface area contributed by atoms with Crippen LogP contribution < -0.4 is 4.74 Å². The molecule has 0 spiro atoms. The summed E-state index contributed by atoms with van der Waals surface area (Å²) in [6.45, 7) is 12.4. The van der Waals surface area contributed by atoms with E-state index in [2.05, 4.69) is 70.3 Å². The number of unbranched alkanes of at least 4 members (excludes halogenated alkanes) is 3. The maximum Gasteiger partial charge on any atom is 0.123 e. The highest BCUT2D eigenvalue weighted by Crippen LogP contribution is 2.33. The number of ether oxygens (including phenoxy) is 1. The van der Waals surface area contributed by atoms with E-state index in [-0.39, 0.29) is 0 Å². The maximum atomic E-state index is 6.60. The monoisotopic (exact) mass is 420 g/mol. The molecule has 0 aromatic heterocycles. The number of hydrogen-bond donors (Lipinski definition) is 0. The van der Waals surface area contributed by atoms with Gasteiger partial charge in [0.1, 0.15) is 5.75 Å². The standard InChI is InChI=1S/C27H36O.C3H8/c1-4-6-7-12-15-26-25-18-16-22(21(3)5-2)20-23(25)17-19-27(26)28-24-13-10-8-9-11-14-24;1-3-2/h16-20,24H,2,4,6-15H2,1,3H3;3H2,1-2H3. The second-order valence-electron chi connectivity index (χ2n) is 9.03. The Morgan fingerprint density at radius 1 is 0.968 bits per heavy atom. The fourth-order valence-electron chi connectivity index (χ4n) is 4.35. The van der Waals surface area contributed by atoms with Gasteiger partial charge >= 0.3 is 0 Å². The molecule has 1 aliphatic rings. The van der Waals surface area contributed by atoms with Gasteiger partial charge in [-0.05, 0) is 79.5 Å². The Hall–Kier alpha value is -1.98. The summed E-state index contributed by atoms with van der Waals surface area (Å²) in [6.07, 6.45) is 15.6. The van der Waals surface area contributed by atoms with Crippen molar-refractivity contribution in [3.05, 3.63) is 53.8 Å². The number of benzene rings is 2. The van der Waals surface area contributed by atoms with Crippen LogP contribution in [-0.2, 0) is 6.42 Å². The Labute approximate surface area is 191 Å². The summed E-state index contributed by atoms with van der Waals surface area (Å²) in [5.74, 6) is 1.12. The van der Waals surface area contributed by atoms with Gasteiger partial charge in [-0.15, -0.1) is 5.73 Å². The molecule has 0 amide bonds. The van der Waals surface area contributed by atoms with E-state index in [4.69, 9.17) is 4.74 Å². The normalized spacial score (nSPS) is 14.3. The zero-order valence-electron chi connectivity index (χ0n) is 20.6. The molecule has 2 aromatic rings. The number of fused-ring (bicyclic) bond motifs is 1. The summed E-state index contributed by atoms with van der Waals surface area (Å²) >= 11 is 0. The van der Waals surface area contributed by atoms with Crippen LogP contribution >= 0.6 is 0 Å². The Kier molecular flexibility index (Phi) is 11.5. The third-order valence-corrected chi connectivity index (χ3v) is 6.16. The molecular formula is C30H44O. The summed E-state index contributed by atoms with van der Waals surface area (Å²) in [6, 6.07) is 11.2. The van der Waals surface area contributed by atoms with Crippen LogP contribution in [0.4, 0.5) is 0 Å². The smallest absolute Gasteiger partial charge is 0.123 e. The van der Waals surface area contributed by atoms with E-state index in [1.165, 1.54) is 92.5 Å². The highest BCUT2D eigenvalue weighted by Gasteiger charge is 2.17. The lowest BCUT2D eigenvalue weighted by molar-refractivity contribution is 0.182. The van der Waals surface area contributed by atoms with Gasteiger partial charge in [0.25, 0.3) is 0 Å². The van der Waals surface area contributed by atoms with E-state index in [0.717, 1.165) is 17.7 Å². The summed E-state index contributed by atoms with van der Waals surface area (Å²) in [5.41, 5.74) is 6.74. The minimum atomic E-state index is 0.388. The van der Waals surface area contributed by atoms with E-state index < -0.39 is 0 Å². The molecule has 0 heterocycles. The molecule has 0 atom stereocenters. The third kappa shape index (κ3) is 7.89. The van der Waals surface area contributed by atoms with Crippen molar-refractivity contribution in [2.24, 2.45) is 0 Å². The van der Waals surface area contributed by atoms with E-state index in [1.54, 1.807) is 0 Å². The van der Waals surface area contributed by atoms with Crippen LogP contribution in [-0.4, -0.2) is 6.10 Å². The van der Waals surface area contributed by atoms with Crippen LogP contribution in [0.1, 0.15) is 109 Å². The van der Waals surface area contributed by atoms with Crippen LogP contribution in [0, 0.1) is 0 Å². The molecule has 0 radical (unpaired) electrons. The second kappa shape index (κ2) is 14.2. The molecule has 1 aliphatic carbocycles. The topological polar surface area (TPSA) is 9.23 Å². The summed E-state index contributed by atoms with van der Waals surface area (Å²) in [4.78, 5) is 0. The molecule has 0 aliphatic heterocycles. The Balaban J connectivity index is 0.00000107. The van der Waals surface area contributed by atoms with Gasteiger partial charge in [-0.1, -0.05) is 84.1 Å². The molecule has 31 heavy (non-hydrogen) atoms. The predicted octanol–water partition coefficient (Wildman–Crippen LogP) is 9.67. The molecule has 1 nitrogen and oxygen atoms in total. The SMILES string of the molecule is C=C=C(C)c1ccc2c(CCCCCC)c(OC3CCCCCC3)ccc2c1.CCC. The predicted molar refractivity (Wildman–Crippen MR) is 138 cm³/mol. The molecule has 3 rings (SSSR count). The lowest BCUT2D eigenvalue weighted by Crippen LogP contribution is -2.16. The zero-order valence-corrected chi connectivity index (χ0v) is 20.6. The lowest BCUT2D eigenvalue weighted by Gasteiger charge is -2.21. The van der Waals surface area contributed by atoms with Gasteiger partial charge in [0.2, 0.25) is 0 Å². The Morgan fingerprint density at radius 2 is 1.68 bits per heavy atom. The maximum absolute atomic E-state index is 6.60. The highest BCUT2D eigenvalue weighted by atomic mass is 16.5. The Bertz CT molecular complexity index is 833. The zero-order chi connectivity index (χ0) is 22.5. The summed E-state index contributed by atoms with van der Waals surface area (Å²) in [5, 5.41) is 2.65. The Morgan fingerprint density at radius 3 is 2.32 bits per heavy atom. The molecule has 0 unspecified atom stereocenters. The number of hydrogen-bond acceptors (Lipinski definition) is 1. The van der Waals surface area contributed by atoms with Gasteiger partial charge < -0.3 is 4.74 Å². The second-order valence-corrected chi connectivity index (χ2v) is 9.03. The van der Waals surface area contributed by atoms with Crippen LogP contribution in [0.25, 0.3) is 16.3 Å². The van der Waals surface area contributed by atoms with Gasteiger partial charge in [0, 0.05) is 5.56 Å². The van der Waals surface area contributed by atoms with Crippen LogP contribution in [0.15, 0.2) is 42.6 Å². The minimum Gasteiger partial charge on any atom is -0.490 e. The number of rotatable bonds is 8. The molecular weight excluding hydrogens is 376 g/mol. The van der Waals surface area contributed by atoms with Crippen LogP contribution in [0.3, 0.4) is 0 Å². The van der Waals surface area contributed by atoms with E-state index >= 15 is 0 Å². The van der Waals surface area contributed by atoms with Crippen molar-refractivity contribution in [2.45, 2.75) is 111 Å². The van der Waals surface area contributed by atoms with Crippen molar-refractivity contribution < 1.29 is 4.74 Å². The quantitative estimate of drug-likeness (QED) is 0.234. The van der Waals surface area contributed by atoms with Crippen molar-refractivity contribution in [3.8, 4) is 5.75 Å². The van der Waals surface area contributed by atoms with Gasteiger partial charge in [-0.3, -0.25) is 0 Å². The molecule has 1 saturated carbocycles. The average Bonchev–Trinajstić information content (AvgIpc) is 3.06. The van der Waals surface area contributed by atoms with Crippen molar-refractivity contribution in [1.29, 1.82) is 0 Å². The van der Waals surface area contributed by atoms with E-state index in [0.29, 0.717) is 6.10 Å². The molecule has 0 bridgehead atoms. The molecule has 1 fully saturated rings. The summed E-state index contributed by atoms with van der Waals surface area (Å²) < 4.78 is 6.60. The third-order valence-electron chi connectivity index (χ3n) is 6.16. The fourth-order valence-corrected chi connectivity index (χ4v) is 4.35. The van der Waals surface area contributed by atoms with E-state index in [9.17, 15) is 0 Å². The minimum absolute atomic E-state index is 0.388. The van der Waals surface area contributed by atoms with Crippen LogP contribution in [0.5, 0.6) is 5.75 Å². The first-order chi connectivity index (χ1) is 15.1. The number of aryl methyl sites for hydroxylation is 1. The molecule has 0 N–H and O–H groups in total. The fraction of sp³-hybridized carbons (Fsp3) is 0.567. The molecule has 2 aromatic carbocycles. The average molecular weight is 421 g/mol. The van der Waals surface area contributed by atoms with Gasteiger partial charge in [0.15, 0.2) is 0 Å². The van der Waals surface area contributed by atoms with Crippen LogP contribution in [0.2, 0.25) is 0 Å². The molecule has 0 saturated heterocycles. The van der Waals surface area contributed by atoms with Gasteiger partial charge in [-0.25, -0.2) is 0 Å². The van der Waals surface area contributed by atoms with Crippen molar-refractivity contribution >= 4 is 16.3 Å². The number of allylic oxidation sites excluding steroid dienone is 1. The van der Waals surface area contributed by atoms with E-state index in [1.807, 2.05) is 0 Å². The van der Waals surface area contributed by atoms with Crippen molar-refractivity contribution in [3.63, 3.8) is 0 Å². The lowest BCUT2D eigenvalue weighted by atomic mass is 9.95. The summed E-state index contributed by atoms with van der Waals surface area (Å²) in [7, 11) is 0. The molecule has 170 valence electrons. The first-order valence-electron chi connectivity index (χ1n) is 12.7. The highest BCUT2D eigenvalue weighted by molar-refractivity contribution is 5.90. The molecule has 1 heteroatoms.